The number of carbonyl (C=O) groups excluding carboxylic acids is 1. The van der Waals surface area contributed by atoms with Gasteiger partial charge in [-0.1, -0.05) is 30.3 Å². The number of hydrogen-bond donors (Lipinski definition) is 1. The van der Waals surface area contributed by atoms with E-state index in [1.54, 1.807) is 6.92 Å². The Hall–Kier alpha value is -1.28. The molecule has 0 radical (unpaired) electrons. The first kappa shape index (κ1) is 11.2. The van der Waals surface area contributed by atoms with Gasteiger partial charge in [0.15, 0.2) is 5.78 Å². The molecular formula is C13H14ClNO. The average Bonchev–Trinajstić information content (AvgIpc) is 2.33. The lowest BCUT2D eigenvalue weighted by atomic mass is 9.82. The molecule has 1 aliphatic rings. The van der Waals surface area contributed by atoms with Crippen LogP contribution in [0.1, 0.15) is 25.3 Å². The highest BCUT2D eigenvalue weighted by atomic mass is 35.5. The summed E-state index contributed by atoms with van der Waals surface area (Å²) in [6.07, 6.45) is 1.03. The molecule has 1 unspecified atom stereocenters. The molecule has 2 N–H and O–H groups in total. The summed E-state index contributed by atoms with van der Waals surface area (Å²) in [5, 5.41) is 0. The minimum absolute atomic E-state index is 0.102. The van der Waals surface area contributed by atoms with Crippen molar-refractivity contribution in [1.82, 2.24) is 0 Å². The molecule has 1 aliphatic carbocycles. The van der Waals surface area contributed by atoms with E-state index in [2.05, 4.69) is 0 Å². The molecule has 0 heterocycles. The minimum Gasteiger partial charge on any atom is -0.400 e. The summed E-state index contributed by atoms with van der Waals surface area (Å²) in [5.74, 6) is 0.102. The zero-order valence-electron chi connectivity index (χ0n) is 9.16. The lowest BCUT2D eigenvalue weighted by Crippen LogP contribution is -2.34. The summed E-state index contributed by atoms with van der Waals surface area (Å²) in [5.41, 5.74) is 8.06. The Labute approximate surface area is 100 Å². The number of halogens is 1. The van der Waals surface area contributed by atoms with Crippen LogP contribution < -0.4 is 5.73 Å². The molecule has 0 aromatic heterocycles. The molecule has 0 amide bonds. The fourth-order valence-corrected chi connectivity index (χ4v) is 2.42. The van der Waals surface area contributed by atoms with Crippen LogP contribution in [0.2, 0.25) is 0 Å². The topological polar surface area (TPSA) is 43.1 Å². The quantitative estimate of drug-likeness (QED) is 0.761. The maximum Gasteiger partial charge on any atom is 0.160 e. The molecule has 3 heteroatoms. The number of carbonyl (C=O) groups is 1. The van der Waals surface area contributed by atoms with Crippen LogP contribution in [0.4, 0.5) is 0 Å². The van der Waals surface area contributed by atoms with Gasteiger partial charge in [0.05, 0.1) is 0 Å². The summed E-state index contributed by atoms with van der Waals surface area (Å²) in [4.78, 5) is 10.8. The molecule has 1 aromatic rings. The third-order valence-electron chi connectivity index (χ3n) is 3.18. The van der Waals surface area contributed by atoms with Gasteiger partial charge >= 0.3 is 0 Å². The molecule has 84 valence electrons. The summed E-state index contributed by atoms with van der Waals surface area (Å²) in [6.45, 7) is 1.75. The molecular weight excluding hydrogens is 222 g/mol. The zero-order valence-corrected chi connectivity index (χ0v) is 9.92. The Kier molecular flexibility index (Phi) is 2.76. The fraction of sp³-hybridized carbons (Fsp3) is 0.308. The van der Waals surface area contributed by atoms with Gasteiger partial charge in [-0.15, -0.1) is 11.6 Å². The predicted octanol–water partition coefficient (Wildman–Crippen LogP) is 2.72. The van der Waals surface area contributed by atoms with Gasteiger partial charge in [0.1, 0.15) is 4.87 Å². The summed E-state index contributed by atoms with van der Waals surface area (Å²) in [6, 6.07) is 9.69. The van der Waals surface area contributed by atoms with Crippen molar-refractivity contribution in [3.63, 3.8) is 0 Å². The van der Waals surface area contributed by atoms with E-state index in [-0.39, 0.29) is 5.78 Å². The highest BCUT2D eigenvalue weighted by molar-refractivity contribution is 6.27. The Morgan fingerprint density at radius 2 is 1.94 bits per heavy atom. The standard InChI is InChI=1S/C13H14ClNO/c1-9-11(16)7-8-13(14,12(9)15)10-5-3-2-4-6-10/h2-6H,7-8,15H2,1H3. The maximum absolute atomic E-state index is 11.5. The average molecular weight is 236 g/mol. The maximum atomic E-state index is 11.5. The van der Waals surface area contributed by atoms with Crippen LogP contribution in [0.25, 0.3) is 0 Å². The first-order valence-corrected chi connectivity index (χ1v) is 5.68. The molecule has 16 heavy (non-hydrogen) atoms. The van der Waals surface area contributed by atoms with Gasteiger partial charge in [-0.05, 0) is 18.9 Å². The third-order valence-corrected chi connectivity index (χ3v) is 3.79. The van der Waals surface area contributed by atoms with E-state index in [0.717, 1.165) is 5.56 Å². The monoisotopic (exact) mass is 235 g/mol. The van der Waals surface area contributed by atoms with Gasteiger partial charge in [0.25, 0.3) is 0 Å². The van der Waals surface area contributed by atoms with Crippen LogP contribution >= 0.6 is 11.6 Å². The van der Waals surface area contributed by atoms with Crippen molar-refractivity contribution in [2.75, 3.05) is 0 Å². The number of rotatable bonds is 1. The number of hydrogen-bond acceptors (Lipinski definition) is 2. The highest BCUT2D eigenvalue weighted by Gasteiger charge is 2.38. The van der Waals surface area contributed by atoms with Gasteiger partial charge in [-0.25, -0.2) is 0 Å². The minimum atomic E-state index is -0.709. The van der Waals surface area contributed by atoms with Crippen molar-refractivity contribution in [2.45, 2.75) is 24.6 Å². The van der Waals surface area contributed by atoms with Crippen molar-refractivity contribution in [3.05, 3.63) is 47.2 Å². The lowest BCUT2D eigenvalue weighted by Gasteiger charge is -2.32. The number of ketones is 1. The Balaban J connectivity index is 2.52. The third kappa shape index (κ3) is 1.63. The molecule has 0 saturated carbocycles. The number of alkyl halides is 1. The second kappa shape index (κ2) is 3.95. The smallest absolute Gasteiger partial charge is 0.160 e. The van der Waals surface area contributed by atoms with Gasteiger partial charge in [-0.2, -0.15) is 0 Å². The van der Waals surface area contributed by atoms with Crippen LogP contribution in [0.15, 0.2) is 41.6 Å². The second-order valence-corrected chi connectivity index (χ2v) is 4.77. The van der Waals surface area contributed by atoms with Gasteiger partial charge in [0, 0.05) is 17.7 Å². The highest BCUT2D eigenvalue weighted by Crippen LogP contribution is 2.43. The summed E-state index contributed by atoms with van der Waals surface area (Å²) in [7, 11) is 0. The largest absolute Gasteiger partial charge is 0.400 e. The van der Waals surface area contributed by atoms with Crippen LogP contribution in [-0.4, -0.2) is 5.78 Å². The van der Waals surface area contributed by atoms with Crippen LogP contribution in [0, 0.1) is 0 Å². The van der Waals surface area contributed by atoms with E-state index in [1.165, 1.54) is 0 Å². The Bertz CT molecular complexity index is 452. The molecule has 1 atom stereocenters. The van der Waals surface area contributed by atoms with Gasteiger partial charge in [0.2, 0.25) is 0 Å². The van der Waals surface area contributed by atoms with Crippen LogP contribution in [0.5, 0.6) is 0 Å². The van der Waals surface area contributed by atoms with Crippen molar-refractivity contribution in [3.8, 4) is 0 Å². The zero-order chi connectivity index (χ0) is 11.8. The number of nitrogens with two attached hydrogens (primary N) is 1. The second-order valence-electron chi connectivity index (χ2n) is 4.13. The molecule has 0 spiro atoms. The first-order chi connectivity index (χ1) is 7.55. The fourth-order valence-electron chi connectivity index (χ4n) is 2.06. The normalized spacial score (nSPS) is 26.0. The van der Waals surface area contributed by atoms with Crippen molar-refractivity contribution >= 4 is 17.4 Å². The predicted molar refractivity (Wildman–Crippen MR) is 65.1 cm³/mol. The van der Waals surface area contributed by atoms with Crippen LogP contribution in [-0.2, 0) is 9.67 Å². The molecule has 2 nitrogen and oxygen atoms in total. The Morgan fingerprint density at radius 3 is 2.56 bits per heavy atom. The molecule has 0 bridgehead atoms. The van der Waals surface area contributed by atoms with Crippen molar-refractivity contribution in [1.29, 1.82) is 0 Å². The molecule has 2 rings (SSSR count). The van der Waals surface area contributed by atoms with E-state index in [0.29, 0.717) is 24.1 Å². The van der Waals surface area contributed by atoms with Gasteiger partial charge in [-0.3, -0.25) is 4.79 Å². The lowest BCUT2D eigenvalue weighted by molar-refractivity contribution is -0.116. The van der Waals surface area contributed by atoms with Crippen molar-refractivity contribution in [2.24, 2.45) is 5.73 Å². The molecule has 0 saturated heterocycles. The first-order valence-electron chi connectivity index (χ1n) is 5.30. The van der Waals surface area contributed by atoms with E-state index < -0.39 is 4.87 Å². The number of Topliss-reactive ketones (excluding diaryl/α,β-unsaturated/α-hetero) is 1. The van der Waals surface area contributed by atoms with E-state index in [9.17, 15) is 4.79 Å². The van der Waals surface area contributed by atoms with E-state index in [1.807, 2.05) is 30.3 Å². The number of allylic oxidation sites excluding steroid dienone is 2. The summed E-state index contributed by atoms with van der Waals surface area (Å²) < 4.78 is 0. The number of benzene rings is 1. The molecule has 0 aliphatic heterocycles. The molecule has 1 aromatic carbocycles. The van der Waals surface area contributed by atoms with Gasteiger partial charge < -0.3 is 5.73 Å². The van der Waals surface area contributed by atoms with Crippen LogP contribution in [0.3, 0.4) is 0 Å². The van der Waals surface area contributed by atoms with E-state index in [4.69, 9.17) is 17.3 Å². The Morgan fingerprint density at radius 1 is 1.31 bits per heavy atom. The SMILES string of the molecule is CC1=C(N)C(Cl)(c2ccccc2)CCC1=O. The van der Waals surface area contributed by atoms with E-state index >= 15 is 0 Å². The molecule has 0 fully saturated rings. The summed E-state index contributed by atoms with van der Waals surface area (Å²) >= 11 is 6.58. The van der Waals surface area contributed by atoms with Crippen molar-refractivity contribution < 1.29 is 4.79 Å².